The van der Waals surface area contributed by atoms with Gasteiger partial charge in [-0.3, -0.25) is 10.3 Å². The lowest BCUT2D eigenvalue weighted by atomic mass is 10.2. The fourth-order valence-electron chi connectivity index (χ4n) is 1.50. The molecule has 0 aliphatic rings. The molecule has 1 heterocycles. The topological polar surface area (TPSA) is 61.1 Å². The summed E-state index contributed by atoms with van der Waals surface area (Å²) in [5, 5.41) is 13.1. The van der Waals surface area contributed by atoms with Crippen molar-refractivity contribution < 1.29 is 0 Å². The molecule has 0 fully saturated rings. The first-order valence-electron chi connectivity index (χ1n) is 5.07. The number of aliphatic imine (C=N–C) groups is 1. The molecule has 1 aromatic carbocycles. The number of thioether (sulfide) groups is 1. The van der Waals surface area contributed by atoms with Crippen LogP contribution in [-0.4, -0.2) is 16.4 Å². The van der Waals surface area contributed by atoms with Crippen molar-refractivity contribution in [2.75, 3.05) is 6.26 Å². The molecular formula is C12H9ClN4S. The molecule has 1 N–H and O–H groups in total. The highest BCUT2D eigenvalue weighted by Gasteiger charge is 2.06. The van der Waals surface area contributed by atoms with Crippen LogP contribution in [0.25, 0.3) is 10.9 Å². The molecule has 0 spiro atoms. The first kappa shape index (κ1) is 12.7. The minimum absolute atomic E-state index is 0.520. The van der Waals surface area contributed by atoms with Crippen LogP contribution in [0.15, 0.2) is 35.5 Å². The Balaban J connectivity index is 2.59. The molecule has 0 radical (unpaired) electrons. The summed E-state index contributed by atoms with van der Waals surface area (Å²) in [4.78, 5) is 8.64. The number of rotatable bonds is 1. The third kappa shape index (κ3) is 2.55. The Kier molecular flexibility index (Phi) is 4.03. The van der Waals surface area contributed by atoms with Crippen molar-refractivity contribution in [1.29, 1.82) is 5.26 Å². The standard InChI is InChI=1S/C12H9ClN4S/c1-18-12(16-7-14)17-10-5-4-9(13)8-3-2-6-15-11(8)10/h2-6H,1H3,(H,16,17). The van der Waals surface area contributed by atoms with Gasteiger partial charge in [-0.25, -0.2) is 4.99 Å². The van der Waals surface area contributed by atoms with Crippen LogP contribution in [0.5, 0.6) is 0 Å². The van der Waals surface area contributed by atoms with Crippen molar-refractivity contribution in [1.82, 2.24) is 10.3 Å². The summed E-state index contributed by atoms with van der Waals surface area (Å²) in [6.07, 6.45) is 5.38. The molecule has 0 saturated heterocycles. The predicted molar refractivity (Wildman–Crippen MR) is 76.1 cm³/mol. The van der Waals surface area contributed by atoms with Crippen LogP contribution >= 0.6 is 23.4 Å². The lowest BCUT2D eigenvalue weighted by molar-refractivity contribution is 1.28. The number of benzene rings is 1. The second kappa shape index (κ2) is 5.71. The van der Waals surface area contributed by atoms with Crippen LogP contribution in [0.3, 0.4) is 0 Å². The van der Waals surface area contributed by atoms with Crippen LogP contribution < -0.4 is 5.32 Å². The Morgan fingerprint density at radius 1 is 1.50 bits per heavy atom. The molecule has 0 atom stereocenters. The molecule has 0 bridgehead atoms. The zero-order valence-corrected chi connectivity index (χ0v) is 11.1. The second-order valence-electron chi connectivity index (χ2n) is 3.32. The summed E-state index contributed by atoms with van der Waals surface area (Å²) in [5.41, 5.74) is 1.40. The number of fused-ring (bicyclic) bond motifs is 1. The molecule has 6 heteroatoms. The maximum atomic E-state index is 8.61. The summed E-state index contributed by atoms with van der Waals surface area (Å²) < 4.78 is 0. The maximum absolute atomic E-state index is 8.61. The smallest absolute Gasteiger partial charge is 0.183 e. The highest BCUT2D eigenvalue weighted by molar-refractivity contribution is 8.13. The van der Waals surface area contributed by atoms with Crippen molar-refractivity contribution in [3.8, 4) is 6.19 Å². The molecule has 90 valence electrons. The minimum atomic E-state index is 0.520. The van der Waals surface area contributed by atoms with Crippen molar-refractivity contribution in [2.24, 2.45) is 4.99 Å². The molecule has 4 nitrogen and oxygen atoms in total. The number of amidine groups is 1. The van der Waals surface area contributed by atoms with E-state index in [9.17, 15) is 0 Å². The summed E-state index contributed by atoms with van der Waals surface area (Å²) in [6, 6.07) is 7.27. The fourth-order valence-corrected chi connectivity index (χ4v) is 2.05. The van der Waals surface area contributed by atoms with Gasteiger partial charge in [0.05, 0.1) is 16.2 Å². The minimum Gasteiger partial charge on any atom is -0.271 e. The van der Waals surface area contributed by atoms with E-state index >= 15 is 0 Å². The summed E-state index contributed by atoms with van der Waals surface area (Å²) in [5.74, 6) is 0. The van der Waals surface area contributed by atoms with Crippen molar-refractivity contribution in [3.63, 3.8) is 0 Å². The Morgan fingerprint density at radius 3 is 3.06 bits per heavy atom. The van der Waals surface area contributed by atoms with Gasteiger partial charge in [0.15, 0.2) is 11.4 Å². The third-order valence-electron chi connectivity index (χ3n) is 2.27. The average molecular weight is 277 g/mol. The number of nitriles is 1. The summed E-state index contributed by atoms with van der Waals surface area (Å²) in [7, 11) is 0. The fraction of sp³-hybridized carbons (Fsp3) is 0.0833. The Morgan fingerprint density at radius 2 is 2.33 bits per heavy atom. The van der Waals surface area contributed by atoms with Crippen LogP contribution in [0, 0.1) is 11.5 Å². The number of hydrogen-bond acceptors (Lipinski definition) is 4. The van der Waals surface area contributed by atoms with E-state index in [1.807, 2.05) is 24.6 Å². The molecule has 18 heavy (non-hydrogen) atoms. The van der Waals surface area contributed by atoms with E-state index < -0.39 is 0 Å². The maximum Gasteiger partial charge on any atom is 0.183 e. The van der Waals surface area contributed by atoms with E-state index in [4.69, 9.17) is 16.9 Å². The Bertz CT molecular complexity index is 648. The van der Waals surface area contributed by atoms with E-state index in [0.717, 1.165) is 10.9 Å². The van der Waals surface area contributed by atoms with Gasteiger partial charge < -0.3 is 0 Å². The van der Waals surface area contributed by atoms with Crippen molar-refractivity contribution in [3.05, 3.63) is 35.5 Å². The molecular weight excluding hydrogens is 268 g/mol. The van der Waals surface area contributed by atoms with Crippen LogP contribution in [0.4, 0.5) is 5.69 Å². The normalized spacial score (nSPS) is 11.3. The average Bonchev–Trinajstić information content (AvgIpc) is 2.41. The van der Waals surface area contributed by atoms with E-state index in [1.54, 1.807) is 18.3 Å². The molecule has 0 amide bonds. The van der Waals surface area contributed by atoms with Gasteiger partial charge >= 0.3 is 0 Å². The van der Waals surface area contributed by atoms with E-state index in [2.05, 4.69) is 15.3 Å². The van der Waals surface area contributed by atoms with Crippen LogP contribution in [-0.2, 0) is 0 Å². The van der Waals surface area contributed by atoms with Gasteiger partial charge in [0.2, 0.25) is 0 Å². The quantitative estimate of drug-likeness (QED) is 0.376. The molecule has 0 aliphatic heterocycles. The Hall–Kier alpha value is -1.77. The molecule has 0 aliphatic carbocycles. The monoisotopic (exact) mass is 276 g/mol. The summed E-state index contributed by atoms with van der Waals surface area (Å²) >= 11 is 7.46. The van der Waals surface area contributed by atoms with Gasteiger partial charge in [-0.2, -0.15) is 5.26 Å². The van der Waals surface area contributed by atoms with Gasteiger partial charge in [0.1, 0.15) is 0 Å². The van der Waals surface area contributed by atoms with Gasteiger partial charge in [-0.15, -0.1) is 0 Å². The molecule has 0 saturated carbocycles. The van der Waals surface area contributed by atoms with E-state index in [-0.39, 0.29) is 0 Å². The molecule has 0 unspecified atom stereocenters. The van der Waals surface area contributed by atoms with Gasteiger partial charge in [0, 0.05) is 11.6 Å². The van der Waals surface area contributed by atoms with Crippen LogP contribution in [0.2, 0.25) is 5.02 Å². The first-order chi connectivity index (χ1) is 8.76. The predicted octanol–water partition coefficient (Wildman–Crippen LogP) is 3.31. The van der Waals surface area contributed by atoms with E-state index in [1.165, 1.54) is 11.8 Å². The first-order valence-corrected chi connectivity index (χ1v) is 6.67. The number of nitrogens with zero attached hydrogens (tertiary/aromatic N) is 3. The second-order valence-corrected chi connectivity index (χ2v) is 4.53. The highest BCUT2D eigenvalue weighted by atomic mass is 35.5. The molecule has 1 aromatic heterocycles. The largest absolute Gasteiger partial charge is 0.271 e. The number of halogens is 1. The van der Waals surface area contributed by atoms with Crippen LogP contribution in [0.1, 0.15) is 0 Å². The SMILES string of the molecule is CSC(=Nc1ccc(Cl)c2cccnc12)NC#N. The lowest BCUT2D eigenvalue weighted by Gasteiger charge is -2.04. The third-order valence-corrected chi connectivity index (χ3v) is 3.18. The number of nitrogens with one attached hydrogen (secondary N) is 1. The number of aromatic nitrogens is 1. The highest BCUT2D eigenvalue weighted by Crippen LogP contribution is 2.30. The zero-order chi connectivity index (χ0) is 13.0. The van der Waals surface area contributed by atoms with Crippen molar-refractivity contribution >= 4 is 45.1 Å². The van der Waals surface area contributed by atoms with Gasteiger partial charge in [0.25, 0.3) is 0 Å². The van der Waals surface area contributed by atoms with Gasteiger partial charge in [-0.05, 0) is 30.5 Å². The van der Waals surface area contributed by atoms with Crippen molar-refractivity contribution in [2.45, 2.75) is 0 Å². The van der Waals surface area contributed by atoms with E-state index in [0.29, 0.717) is 15.9 Å². The molecule has 2 aromatic rings. The Labute approximate surface area is 114 Å². The molecule has 2 rings (SSSR count). The van der Waals surface area contributed by atoms with Gasteiger partial charge in [-0.1, -0.05) is 23.4 Å². The summed E-state index contributed by atoms with van der Waals surface area (Å²) in [6.45, 7) is 0. The zero-order valence-electron chi connectivity index (χ0n) is 9.51. The number of pyridine rings is 1. The lowest BCUT2D eigenvalue weighted by Crippen LogP contribution is -2.12. The number of hydrogen-bond donors (Lipinski definition) is 1.